The fraction of sp³-hybridized carbons (Fsp3) is 0.500. The van der Waals surface area contributed by atoms with Gasteiger partial charge in [0.2, 0.25) is 0 Å². The molecular weight excluding hydrogens is 218 g/mol. The molecule has 1 N–H and O–H groups in total. The summed E-state index contributed by atoms with van der Waals surface area (Å²) in [5.74, 6) is -0.889. The zero-order valence-electron chi connectivity index (χ0n) is 9.96. The van der Waals surface area contributed by atoms with Gasteiger partial charge < -0.3 is 14.9 Å². The molecule has 1 aliphatic rings. The molecule has 17 heavy (non-hydrogen) atoms. The second kappa shape index (κ2) is 5.14. The van der Waals surface area contributed by atoms with Gasteiger partial charge in [-0.1, -0.05) is 6.92 Å². The van der Waals surface area contributed by atoms with Gasteiger partial charge >= 0.3 is 5.97 Å². The summed E-state index contributed by atoms with van der Waals surface area (Å²) in [4.78, 5) is 19.6. The molecule has 1 aliphatic heterocycles. The predicted molar refractivity (Wildman–Crippen MR) is 65.5 cm³/mol. The summed E-state index contributed by atoms with van der Waals surface area (Å²) in [6.45, 7) is 6.86. The molecular formula is C12H17N3O2. The first kappa shape index (κ1) is 11.9. The Kier molecular flexibility index (Phi) is 3.58. The zero-order valence-corrected chi connectivity index (χ0v) is 9.96. The highest BCUT2D eigenvalue weighted by molar-refractivity contribution is 5.94. The molecule has 1 aromatic rings. The molecule has 2 heterocycles. The average Bonchev–Trinajstić information content (AvgIpc) is 2.39. The molecule has 0 aliphatic carbocycles. The SMILES string of the molecule is CCN1CCN(c2cnccc2C(=O)O)CC1. The Bertz CT molecular complexity index is 400. The minimum atomic E-state index is -0.889. The van der Waals surface area contributed by atoms with Crippen molar-refractivity contribution in [1.29, 1.82) is 0 Å². The van der Waals surface area contributed by atoms with Gasteiger partial charge in [0.1, 0.15) is 0 Å². The van der Waals surface area contributed by atoms with Crippen molar-refractivity contribution in [2.24, 2.45) is 0 Å². The summed E-state index contributed by atoms with van der Waals surface area (Å²) < 4.78 is 0. The number of nitrogens with zero attached hydrogens (tertiary/aromatic N) is 3. The zero-order chi connectivity index (χ0) is 12.3. The lowest BCUT2D eigenvalue weighted by Crippen LogP contribution is -2.46. The molecule has 0 amide bonds. The molecule has 0 spiro atoms. The lowest BCUT2D eigenvalue weighted by molar-refractivity contribution is 0.0697. The molecule has 92 valence electrons. The van der Waals surface area contributed by atoms with Gasteiger partial charge in [0, 0.05) is 32.4 Å². The molecule has 1 saturated heterocycles. The van der Waals surface area contributed by atoms with Gasteiger partial charge in [-0.05, 0) is 12.6 Å². The molecule has 0 radical (unpaired) electrons. The highest BCUT2D eigenvalue weighted by atomic mass is 16.4. The third-order valence-electron chi connectivity index (χ3n) is 3.19. The molecule has 1 fully saturated rings. The average molecular weight is 235 g/mol. The van der Waals surface area contributed by atoms with Crippen LogP contribution in [-0.2, 0) is 0 Å². The molecule has 0 aromatic carbocycles. The van der Waals surface area contributed by atoms with Crippen LogP contribution in [0.1, 0.15) is 17.3 Å². The van der Waals surface area contributed by atoms with Crippen LogP contribution in [-0.4, -0.2) is 53.7 Å². The summed E-state index contributed by atoms with van der Waals surface area (Å²) in [7, 11) is 0. The van der Waals surface area contributed by atoms with Crippen LogP contribution < -0.4 is 4.90 Å². The van der Waals surface area contributed by atoms with Crippen LogP contribution in [0.2, 0.25) is 0 Å². The molecule has 2 rings (SSSR count). The summed E-state index contributed by atoms with van der Waals surface area (Å²) in [5.41, 5.74) is 1.07. The lowest BCUT2D eigenvalue weighted by Gasteiger charge is -2.35. The van der Waals surface area contributed by atoms with Crippen molar-refractivity contribution in [2.75, 3.05) is 37.6 Å². The van der Waals surface area contributed by atoms with Crippen molar-refractivity contribution >= 4 is 11.7 Å². The van der Waals surface area contributed by atoms with E-state index in [-0.39, 0.29) is 0 Å². The minimum absolute atomic E-state index is 0.338. The van der Waals surface area contributed by atoms with E-state index in [1.807, 2.05) is 0 Å². The van der Waals surface area contributed by atoms with Crippen molar-refractivity contribution in [3.8, 4) is 0 Å². The maximum atomic E-state index is 11.1. The number of hydrogen-bond acceptors (Lipinski definition) is 4. The van der Waals surface area contributed by atoms with Crippen molar-refractivity contribution in [2.45, 2.75) is 6.92 Å². The maximum absolute atomic E-state index is 11.1. The standard InChI is InChI=1S/C12H17N3O2/c1-2-14-5-7-15(8-6-14)11-9-13-4-3-10(11)12(16)17/h3-4,9H,2,5-8H2,1H3,(H,16,17). The predicted octanol–water partition coefficient (Wildman–Crippen LogP) is 0.922. The third-order valence-corrected chi connectivity index (χ3v) is 3.19. The van der Waals surface area contributed by atoms with Crippen LogP contribution in [0.25, 0.3) is 0 Å². The first-order chi connectivity index (χ1) is 8.22. The molecule has 1 aromatic heterocycles. The fourth-order valence-corrected chi connectivity index (χ4v) is 2.12. The van der Waals surface area contributed by atoms with E-state index in [2.05, 4.69) is 21.7 Å². The van der Waals surface area contributed by atoms with Crippen LogP contribution in [0, 0.1) is 0 Å². The first-order valence-corrected chi connectivity index (χ1v) is 5.87. The Labute approximate surface area is 101 Å². The third kappa shape index (κ3) is 2.55. The number of hydrogen-bond donors (Lipinski definition) is 1. The molecule has 5 heteroatoms. The van der Waals surface area contributed by atoms with Crippen molar-refractivity contribution in [3.05, 3.63) is 24.0 Å². The monoisotopic (exact) mass is 235 g/mol. The normalized spacial score (nSPS) is 17.1. The van der Waals surface area contributed by atoms with Gasteiger partial charge in [-0.15, -0.1) is 0 Å². The number of likely N-dealkylation sites (N-methyl/N-ethyl adjacent to an activating group) is 1. The smallest absolute Gasteiger partial charge is 0.337 e. The topological polar surface area (TPSA) is 56.7 Å². The summed E-state index contributed by atoms with van der Waals surface area (Å²) >= 11 is 0. The van der Waals surface area contributed by atoms with E-state index in [0.29, 0.717) is 5.56 Å². The second-order valence-corrected chi connectivity index (χ2v) is 4.12. The quantitative estimate of drug-likeness (QED) is 0.844. The molecule has 0 unspecified atom stereocenters. The van der Waals surface area contributed by atoms with Gasteiger partial charge in [-0.25, -0.2) is 4.79 Å². The minimum Gasteiger partial charge on any atom is -0.478 e. The number of rotatable bonds is 3. The number of carboxylic acid groups (broad SMARTS) is 1. The Morgan fingerprint density at radius 1 is 1.41 bits per heavy atom. The number of aromatic nitrogens is 1. The van der Waals surface area contributed by atoms with E-state index < -0.39 is 5.97 Å². The van der Waals surface area contributed by atoms with Gasteiger partial charge in [0.25, 0.3) is 0 Å². The highest BCUT2D eigenvalue weighted by Gasteiger charge is 2.20. The van der Waals surface area contributed by atoms with Gasteiger partial charge in [-0.2, -0.15) is 0 Å². The van der Waals surface area contributed by atoms with Crippen molar-refractivity contribution < 1.29 is 9.90 Å². The maximum Gasteiger partial charge on any atom is 0.337 e. The summed E-state index contributed by atoms with van der Waals surface area (Å²) in [6.07, 6.45) is 3.17. The summed E-state index contributed by atoms with van der Waals surface area (Å²) in [5, 5.41) is 9.13. The largest absolute Gasteiger partial charge is 0.478 e. The van der Waals surface area contributed by atoms with E-state index in [4.69, 9.17) is 5.11 Å². The van der Waals surface area contributed by atoms with Crippen LogP contribution in [0.3, 0.4) is 0 Å². The lowest BCUT2D eigenvalue weighted by atomic mass is 10.2. The number of carboxylic acids is 1. The van der Waals surface area contributed by atoms with Crippen LogP contribution in [0.5, 0.6) is 0 Å². The Morgan fingerprint density at radius 2 is 2.12 bits per heavy atom. The number of aromatic carboxylic acids is 1. The number of carbonyl (C=O) groups is 1. The number of anilines is 1. The Morgan fingerprint density at radius 3 is 2.71 bits per heavy atom. The number of piperazine rings is 1. The van der Waals surface area contributed by atoms with Crippen LogP contribution >= 0.6 is 0 Å². The van der Waals surface area contributed by atoms with E-state index in [1.54, 1.807) is 12.3 Å². The van der Waals surface area contributed by atoms with Crippen molar-refractivity contribution in [3.63, 3.8) is 0 Å². The number of pyridine rings is 1. The Balaban J connectivity index is 2.15. The first-order valence-electron chi connectivity index (χ1n) is 5.87. The molecule has 0 saturated carbocycles. The van der Waals surface area contributed by atoms with Gasteiger partial charge in [0.15, 0.2) is 0 Å². The highest BCUT2D eigenvalue weighted by Crippen LogP contribution is 2.20. The van der Waals surface area contributed by atoms with Crippen LogP contribution in [0.4, 0.5) is 5.69 Å². The van der Waals surface area contributed by atoms with Gasteiger partial charge in [-0.3, -0.25) is 4.98 Å². The summed E-state index contributed by atoms with van der Waals surface area (Å²) in [6, 6.07) is 1.56. The molecule has 0 bridgehead atoms. The molecule has 5 nitrogen and oxygen atoms in total. The van der Waals surface area contributed by atoms with E-state index >= 15 is 0 Å². The second-order valence-electron chi connectivity index (χ2n) is 4.12. The molecule has 0 atom stereocenters. The van der Waals surface area contributed by atoms with E-state index in [1.165, 1.54) is 6.20 Å². The van der Waals surface area contributed by atoms with Crippen molar-refractivity contribution in [1.82, 2.24) is 9.88 Å². The van der Waals surface area contributed by atoms with Gasteiger partial charge in [0.05, 0.1) is 17.4 Å². The fourth-order valence-electron chi connectivity index (χ4n) is 2.12. The van der Waals surface area contributed by atoms with Crippen LogP contribution in [0.15, 0.2) is 18.5 Å². The van der Waals surface area contributed by atoms with E-state index in [0.717, 1.165) is 38.4 Å². The van der Waals surface area contributed by atoms with E-state index in [9.17, 15) is 4.79 Å². The Hall–Kier alpha value is -1.62.